The molecular formula is C18H10Cl3N3O4. The number of carbonyl (C=O) groups excluding carboxylic acids is 1. The van der Waals surface area contributed by atoms with Crippen molar-refractivity contribution in [2.24, 2.45) is 5.10 Å². The van der Waals surface area contributed by atoms with Gasteiger partial charge in [-0.3, -0.25) is 14.9 Å². The van der Waals surface area contributed by atoms with Crippen LogP contribution < -0.4 is 5.43 Å². The second-order valence-electron chi connectivity index (χ2n) is 5.45. The number of nitrogens with one attached hydrogen (secondary N) is 1. The van der Waals surface area contributed by atoms with Gasteiger partial charge in [-0.05, 0) is 42.5 Å². The van der Waals surface area contributed by atoms with E-state index in [0.29, 0.717) is 27.7 Å². The quantitative estimate of drug-likeness (QED) is 0.319. The molecule has 1 amide bonds. The fourth-order valence-corrected chi connectivity index (χ4v) is 2.72. The van der Waals surface area contributed by atoms with Crippen LogP contribution in [-0.4, -0.2) is 17.0 Å². The molecule has 0 unspecified atom stereocenters. The highest BCUT2D eigenvalue weighted by molar-refractivity contribution is 6.42. The predicted molar refractivity (Wildman–Crippen MR) is 107 cm³/mol. The Labute approximate surface area is 173 Å². The number of rotatable bonds is 5. The Bertz CT molecular complexity index is 1100. The number of nitro groups is 1. The SMILES string of the molecule is O=C(N/N=C\c1ccc(-c2ccc(Cl)c([N+](=O)[O-])c2)o1)c1ccc(Cl)c(Cl)c1. The van der Waals surface area contributed by atoms with Crippen LogP contribution in [-0.2, 0) is 0 Å². The van der Waals surface area contributed by atoms with Crippen molar-refractivity contribution in [1.82, 2.24) is 5.43 Å². The van der Waals surface area contributed by atoms with Gasteiger partial charge in [0.2, 0.25) is 0 Å². The van der Waals surface area contributed by atoms with Crippen molar-refractivity contribution in [2.75, 3.05) is 0 Å². The van der Waals surface area contributed by atoms with E-state index < -0.39 is 10.8 Å². The molecular weight excluding hydrogens is 429 g/mol. The van der Waals surface area contributed by atoms with Gasteiger partial charge in [0.25, 0.3) is 11.6 Å². The van der Waals surface area contributed by atoms with E-state index in [1.165, 1.54) is 36.5 Å². The smallest absolute Gasteiger partial charge is 0.288 e. The van der Waals surface area contributed by atoms with E-state index >= 15 is 0 Å². The lowest BCUT2D eigenvalue weighted by atomic mass is 10.1. The van der Waals surface area contributed by atoms with Gasteiger partial charge in [-0.15, -0.1) is 0 Å². The molecule has 0 saturated heterocycles. The zero-order chi connectivity index (χ0) is 20.3. The maximum absolute atomic E-state index is 12.0. The van der Waals surface area contributed by atoms with Gasteiger partial charge < -0.3 is 4.42 Å². The number of hydrogen-bond acceptors (Lipinski definition) is 5. The Morgan fingerprint density at radius 1 is 1.04 bits per heavy atom. The first-order valence-electron chi connectivity index (χ1n) is 7.68. The third-order valence-corrected chi connectivity index (χ3v) is 4.65. The summed E-state index contributed by atoms with van der Waals surface area (Å²) in [5.74, 6) is 0.244. The van der Waals surface area contributed by atoms with Gasteiger partial charge in [0.1, 0.15) is 16.5 Å². The number of nitrogens with zero attached hydrogens (tertiary/aromatic N) is 2. The van der Waals surface area contributed by atoms with Crippen LogP contribution in [0.4, 0.5) is 5.69 Å². The van der Waals surface area contributed by atoms with Gasteiger partial charge in [-0.1, -0.05) is 34.8 Å². The molecule has 7 nitrogen and oxygen atoms in total. The molecule has 28 heavy (non-hydrogen) atoms. The maximum atomic E-state index is 12.0. The average Bonchev–Trinajstić information content (AvgIpc) is 3.13. The van der Waals surface area contributed by atoms with E-state index in [0.717, 1.165) is 0 Å². The molecule has 1 heterocycles. The van der Waals surface area contributed by atoms with Crippen LogP contribution in [0.2, 0.25) is 15.1 Å². The highest BCUT2D eigenvalue weighted by Crippen LogP contribution is 2.31. The lowest BCUT2D eigenvalue weighted by Gasteiger charge is -2.01. The monoisotopic (exact) mass is 437 g/mol. The zero-order valence-electron chi connectivity index (χ0n) is 13.9. The number of halogens is 3. The first kappa shape index (κ1) is 19.9. The van der Waals surface area contributed by atoms with Crippen LogP contribution in [0.1, 0.15) is 16.1 Å². The van der Waals surface area contributed by atoms with Gasteiger partial charge in [0.15, 0.2) is 0 Å². The minimum Gasteiger partial charge on any atom is -0.455 e. The van der Waals surface area contributed by atoms with Crippen molar-refractivity contribution in [3.8, 4) is 11.3 Å². The van der Waals surface area contributed by atoms with Crippen LogP contribution in [0.5, 0.6) is 0 Å². The Morgan fingerprint density at radius 2 is 1.79 bits per heavy atom. The molecule has 0 atom stereocenters. The van der Waals surface area contributed by atoms with Gasteiger partial charge in [-0.2, -0.15) is 5.10 Å². The van der Waals surface area contributed by atoms with Crippen molar-refractivity contribution in [2.45, 2.75) is 0 Å². The summed E-state index contributed by atoms with van der Waals surface area (Å²) in [5.41, 5.74) is 2.89. The number of amides is 1. The van der Waals surface area contributed by atoms with Crippen molar-refractivity contribution in [3.05, 3.63) is 85.0 Å². The van der Waals surface area contributed by atoms with Crippen molar-refractivity contribution < 1.29 is 14.1 Å². The molecule has 142 valence electrons. The van der Waals surface area contributed by atoms with E-state index in [4.69, 9.17) is 39.2 Å². The Morgan fingerprint density at radius 3 is 2.50 bits per heavy atom. The molecule has 0 bridgehead atoms. The number of hydrazone groups is 1. The molecule has 0 spiro atoms. The van der Waals surface area contributed by atoms with E-state index in [2.05, 4.69) is 10.5 Å². The topological polar surface area (TPSA) is 97.7 Å². The van der Waals surface area contributed by atoms with Gasteiger partial charge in [0, 0.05) is 17.2 Å². The summed E-state index contributed by atoms with van der Waals surface area (Å²) in [7, 11) is 0. The lowest BCUT2D eigenvalue weighted by molar-refractivity contribution is -0.384. The molecule has 1 aromatic heterocycles. The summed E-state index contributed by atoms with van der Waals surface area (Å²) in [4.78, 5) is 22.4. The molecule has 10 heteroatoms. The lowest BCUT2D eigenvalue weighted by Crippen LogP contribution is -2.17. The molecule has 0 radical (unpaired) electrons. The first-order chi connectivity index (χ1) is 13.3. The normalized spacial score (nSPS) is 11.0. The number of benzene rings is 2. The Kier molecular flexibility index (Phi) is 5.99. The highest BCUT2D eigenvalue weighted by Gasteiger charge is 2.15. The fraction of sp³-hybridized carbons (Fsp3) is 0. The van der Waals surface area contributed by atoms with Crippen molar-refractivity contribution >= 4 is 52.6 Å². The zero-order valence-corrected chi connectivity index (χ0v) is 16.1. The third-order valence-electron chi connectivity index (χ3n) is 3.59. The third kappa shape index (κ3) is 4.51. The molecule has 0 saturated carbocycles. The molecule has 3 rings (SSSR count). The largest absolute Gasteiger partial charge is 0.455 e. The Hall–Kier alpha value is -2.87. The van der Waals surface area contributed by atoms with E-state index in [1.54, 1.807) is 18.2 Å². The minimum atomic E-state index is -0.574. The highest BCUT2D eigenvalue weighted by atomic mass is 35.5. The van der Waals surface area contributed by atoms with E-state index in [-0.39, 0.29) is 15.7 Å². The second-order valence-corrected chi connectivity index (χ2v) is 6.67. The first-order valence-corrected chi connectivity index (χ1v) is 8.81. The van der Waals surface area contributed by atoms with Crippen molar-refractivity contribution in [3.63, 3.8) is 0 Å². The Balaban J connectivity index is 1.70. The summed E-state index contributed by atoms with van der Waals surface area (Å²) in [6.07, 6.45) is 1.29. The summed E-state index contributed by atoms with van der Waals surface area (Å²) >= 11 is 17.5. The van der Waals surface area contributed by atoms with Crippen LogP contribution in [0, 0.1) is 10.1 Å². The second kappa shape index (κ2) is 8.43. The standard InChI is InChI=1S/C18H10Cl3N3O4/c19-13-4-2-11(7-15(13)21)18(25)23-22-9-12-3-6-17(28-12)10-1-5-14(20)16(8-10)24(26)27/h1-9H,(H,23,25)/b22-9-. The van der Waals surface area contributed by atoms with E-state index in [1.807, 2.05) is 0 Å². The van der Waals surface area contributed by atoms with Crippen LogP contribution in [0.25, 0.3) is 11.3 Å². The predicted octanol–water partition coefficient (Wildman–Crippen LogP) is 5.58. The van der Waals surface area contributed by atoms with Gasteiger partial charge in [-0.25, -0.2) is 5.43 Å². The van der Waals surface area contributed by atoms with Crippen molar-refractivity contribution in [1.29, 1.82) is 0 Å². The van der Waals surface area contributed by atoms with Gasteiger partial charge in [0.05, 0.1) is 21.2 Å². The maximum Gasteiger partial charge on any atom is 0.288 e. The number of nitro benzene ring substituents is 1. The molecule has 0 aliphatic carbocycles. The number of furan rings is 1. The minimum absolute atomic E-state index is 0.0344. The molecule has 0 aliphatic rings. The summed E-state index contributed by atoms with van der Waals surface area (Å²) in [5, 5.41) is 15.4. The molecule has 2 aromatic carbocycles. The summed E-state index contributed by atoms with van der Waals surface area (Å²) < 4.78 is 5.56. The van der Waals surface area contributed by atoms with Crippen LogP contribution >= 0.6 is 34.8 Å². The van der Waals surface area contributed by atoms with Gasteiger partial charge >= 0.3 is 0 Å². The molecule has 0 fully saturated rings. The number of hydrogen-bond donors (Lipinski definition) is 1. The summed E-state index contributed by atoms with van der Waals surface area (Å²) in [6, 6.07) is 12.0. The number of carbonyl (C=O) groups is 1. The van der Waals surface area contributed by atoms with E-state index in [9.17, 15) is 14.9 Å². The molecule has 1 N–H and O–H groups in total. The molecule has 3 aromatic rings. The summed E-state index contributed by atoms with van der Waals surface area (Å²) in [6.45, 7) is 0. The average molecular weight is 439 g/mol. The fourth-order valence-electron chi connectivity index (χ4n) is 2.24. The molecule has 0 aliphatic heterocycles. The van der Waals surface area contributed by atoms with Crippen LogP contribution in [0.15, 0.2) is 58.0 Å². The van der Waals surface area contributed by atoms with Crippen LogP contribution in [0.3, 0.4) is 0 Å².